The standard InChI is InChI=1S/C23H15ClFNO3/c24-16-10-6-15(7-11-16)21(27)19-20(14-8-12-17(25)13-9-14)26(23(29)22(19)28)18-4-2-1-3-5-18/h1-13,20,27H/t20-/m0/s1. The van der Waals surface area contributed by atoms with Crippen LogP contribution in [0.1, 0.15) is 17.2 Å². The van der Waals surface area contributed by atoms with Gasteiger partial charge in [-0.3, -0.25) is 14.5 Å². The Kier molecular flexibility index (Phi) is 4.91. The van der Waals surface area contributed by atoms with Crippen molar-refractivity contribution in [2.75, 3.05) is 4.90 Å². The summed E-state index contributed by atoms with van der Waals surface area (Å²) in [4.78, 5) is 27.1. The Labute approximate surface area is 171 Å². The molecule has 4 nitrogen and oxygen atoms in total. The fraction of sp³-hybridized carbons (Fsp3) is 0.0435. The van der Waals surface area contributed by atoms with Crippen molar-refractivity contribution in [3.8, 4) is 0 Å². The largest absolute Gasteiger partial charge is 0.507 e. The molecule has 3 aromatic rings. The molecule has 0 spiro atoms. The lowest BCUT2D eigenvalue weighted by Gasteiger charge is -2.25. The Morgan fingerprint density at radius 2 is 1.52 bits per heavy atom. The van der Waals surface area contributed by atoms with Gasteiger partial charge in [0.15, 0.2) is 0 Å². The minimum atomic E-state index is -0.895. The third-order valence-electron chi connectivity index (χ3n) is 4.78. The van der Waals surface area contributed by atoms with E-state index in [1.54, 1.807) is 54.6 Å². The molecule has 0 radical (unpaired) electrons. The minimum Gasteiger partial charge on any atom is -0.507 e. The van der Waals surface area contributed by atoms with Crippen molar-refractivity contribution in [3.63, 3.8) is 0 Å². The Bertz CT molecular complexity index is 1110. The Morgan fingerprint density at radius 3 is 2.14 bits per heavy atom. The number of para-hydroxylation sites is 1. The molecule has 0 saturated carbocycles. The molecule has 4 rings (SSSR count). The molecule has 1 aliphatic rings. The van der Waals surface area contributed by atoms with E-state index in [0.29, 0.717) is 21.8 Å². The van der Waals surface area contributed by atoms with Gasteiger partial charge in [0.2, 0.25) is 0 Å². The first-order valence-electron chi connectivity index (χ1n) is 8.85. The lowest BCUT2D eigenvalue weighted by Crippen LogP contribution is -2.29. The Hall–Kier alpha value is -3.44. The number of amides is 1. The highest BCUT2D eigenvalue weighted by molar-refractivity contribution is 6.51. The van der Waals surface area contributed by atoms with E-state index < -0.39 is 23.5 Å². The predicted molar refractivity (Wildman–Crippen MR) is 109 cm³/mol. The SMILES string of the molecule is O=C1C(=O)N(c2ccccc2)[C@@H](c2ccc(F)cc2)C1=C(O)c1ccc(Cl)cc1. The number of benzene rings is 3. The normalized spacial score (nSPS) is 18.3. The van der Waals surface area contributed by atoms with E-state index in [-0.39, 0.29) is 11.3 Å². The number of hydrogen-bond acceptors (Lipinski definition) is 3. The lowest BCUT2D eigenvalue weighted by molar-refractivity contribution is -0.132. The summed E-state index contributed by atoms with van der Waals surface area (Å²) in [5.41, 5.74) is 1.30. The van der Waals surface area contributed by atoms with Crippen molar-refractivity contribution in [2.45, 2.75) is 6.04 Å². The van der Waals surface area contributed by atoms with Crippen LogP contribution in [0.5, 0.6) is 0 Å². The maximum Gasteiger partial charge on any atom is 0.300 e. The number of aliphatic hydroxyl groups is 1. The molecule has 1 N–H and O–H groups in total. The number of nitrogens with zero attached hydrogens (tertiary/aromatic N) is 1. The van der Waals surface area contributed by atoms with E-state index in [0.717, 1.165) is 0 Å². The average molecular weight is 408 g/mol. The summed E-state index contributed by atoms with van der Waals surface area (Å²) >= 11 is 5.91. The van der Waals surface area contributed by atoms with E-state index in [1.165, 1.54) is 29.2 Å². The number of rotatable bonds is 3. The van der Waals surface area contributed by atoms with Crippen LogP contribution in [0, 0.1) is 5.82 Å². The van der Waals surface area contributed by atoms with Gasteiger partial charge in [-0.25, -0.2) is 4.39 Å². The molecule has 0 unspecified atom stereocenters. The van der Waals surface area contributed by atoms with E-state index in [1.807, 2.05) is 0 Å². The number of carbonyl (C=O) groups excluding carboxylic acids is 2. The molecule has 1 aliphatic heterocycles. The van der Waals surface area contributed by atoms with Gasteiger partial charge in [-0.2, -0.15) is 0 Å². The Morgan fingerprint density at radius 1 is 0.897 bits per heavy atom. The number of hydrogen-bond donors (Lipinski definition) is 1. The molecule has 0 bridgehead atoms. The van der Waals surface area contributed by atoms with Crippen LogP contribution in [-0.4, -0.2) is 16.8 Å². The maximum atomic E-state index is 13.5. The van der Waals surface area contributed by atoms with E-state index in [2.05, 4.69) is 0 Å². The topological polar surface area (TPSA) is 57.6 Å². The number of aliphatic hydroxyl groups excluding tert-OH is 1. The first-order chi connectivity index (χ1) is 14.0. The van der Waals surface area contributed by atoms with Gasteiger partial charge >= 0.3 is 0 Å². The van der Waals surface area contributed by atoms with Crippen molar-refractivity contribution >= 4 is 34.7 Å². The summed E-state index contributed by atoms with van der Waals surface area (Å²) in [6.45, 7) is 0. The number of ketones is 1. The zero-order chi connectivity index (χ0) is 20.5. The highest BCUT2D eigenvalue weighted by atomic mass is 35.5. The highest BCUT2D eigenvalue weighted by Gasteiger charge is 2.46. The molecule has 0 aromatic heterocycles. The number of Topliss-reactive ketones (excluding diaryl/α,β-unsaturated/α-hetero) is 1. The minimum absolute atomic E-state index is 0.0622. The highest BCUT2D eigenvalue weighted by Crippen LogP contribution is 2.42. The van der Waals surface area contributed by atoms with Crippen LogP contribution in [-0.2, 0) is 9.59 Å². The molecule has 6 heteroatoms. The maximum absolute atomic E-state index is 13.5. The summed E-state index contributed by atoms with van der Waals surface area (Å²) in [5, 5.41) is 11.4. The second-order valence-electron chi connectivity index (χ2n) is 6.56. The zero-order valence-electron chi connectivity index (χ0n) is 15.0. The lowest BCUT2D eigenvalue weighted by atomic mass is 9.95. The molecular formula is C23H15ClFNO3. The van der Waals surface area contributed by atoms with Crippen LogP contribution in [0.3, 0.4) is 0 Å². The molecule has 144 valence electrons. The van der Waals surface area contributed by atoms with E-state index >= 15 is 0 Å². The van der Waals surface area contributed by atoms with Crippen molar-refractivity contribution in [2.24, 2.45) is 0 Å². The number of halogens is 2. The molecule has 1 saturated heterocycles. The molecule has 29 heavy (non-hydrogen) atoms. The van der Waals surface area contributed by atoms with Gasteiger partial charge in [0, 0.05) is 16.3 Å². The smallest absolute Gasteiger partial charge is 0.300 e. The number of anilines is 1. The molecule has 0 aliphatic carbocycles. The van der Waals surface area contributed by atoms with Crippen molar-refractivity contribution in [1.82, 2.24) is 0 Å². The molecule has 1 amide bonds. The van der Waals surface area contributed by atoms with E-state index in [9.17, 15) is 19.1 Å². The summed E-state index contributed by atoms with van der Waals surface area (Å²) < 4.78 is 13.5. The van der Waals surface area contributed by atoms with Gasteiger partial charge in [-0.05, 0) is 54.1 Å². The van der Waals surface area contributed by atoms with Crippen LogP contribution < -0.4 is 4.90 Å². The third-order valence-corrected chi connectivity index (χ3v) is 5.03. The molecule has 1 heterocycles. The van der Waals surface area contributed by atoms with Crippen LogP contribution >= 0.6 is 11.6 Å². The summed E-state index contributed by atoms with van der Waals surface area (Å²) in [6, 6.07) is 19.6. The Balaban J connectivity index is 1.94. The molecule has 3 aromatic carbocycles. The first-order valence-corrected chi connectivity index (χ1v) is 9.22. The van der Waals surface area contributed by atoms with Crippen LogP contribution in [0.2, 0.25) is 5.02 Å². The summed E-state index contributed by atoms with van der Waals surface area (Å²) in [5.74, 6) is -2.33. The molecule has 1 fully saturated rings. The van der Waals surface area contributed by atoms with E-state index in [4.69, 9.17) is 11.6 Å². The van der Waals surface area contributed by atoms with Gasteiger partial charge in [0.25, 0.3) is 11.7 Å². The summed E-state index contributed by atoms with van der Waals surface area (Å²) in [7, 11) is 0. The van der Waals surface area contributed by atoms with Gasteiger partial charge in [0.1, 0.15) is 11.6 Å². The number of carbonyl (C=O) groups is 2. The molecule has 1 atom stereocenters. The fourth-order valence-corrected chi connectivity index (χ4v) is 3.54. The van der Waals surface area contributed by atoms with Crippen LogP contribution in [0.4, 0.5) is 10.1 Å². The van der Waals surface area contributed by atoms with Gasteiger partial charge in [-0.1, -0.05) is 41.9 Å². The monoisotopic (exact) mass is 407 g/mol. The molecular weight excluding hydrogens is 393 g/mol. The quantitative estimate of drug-likeness (QED) is 0.373. The van der Waals surface area contributed by atoms with Crippen LogP contribution in [0.25, 0.3) is 5.76 Å². The second-order valence-corrected chi connectivity index (χ2v) is 7.00. The van der Waals surface area contributed by atoms with Gasteiger partial charge < -0.3 is 5.11 Å². The van der Waals surface area contributed by atoms with Crippen LogP contribution in [0.15, 0.2) is 84.4 Å². The predicted octanol–water partition coefficient (Wildman–Crippen LogP) is 5.11. The van der Waals surface area contributed by atoms with Gasteiger partial charge in [-0.15, -0.1) is 0 Å². The average Bonchev–Trinajstić information content (AvgIpc) is 3.00. The zero-order valence-corrected chi connectivity index (χ0v) is 15.8. The second kappa shape index (κ2) is 7.53. The summed E-state index contributed by atoms with van der Waals surface area (Å²) in [6.07, 6.45) is 0. The van der Waals surface area contributed by atoms with Gasteiger partial charge in [0.05, 0.1) is 11.6 Å². The van der Waals surface area contributed by atoms with Crippen molar-refractivity contribution < 1.29 is 19.1 Å². The third kappa shape index (κ3) is 3.41. The van der Waals surface area contributed by atoms with Crippen molar-refractivity contribution in [1.29, 1.82) is 0 Å². The van der Waals surface area contributed by atoms with Crippen molar-refractivity contribution in [3.05, 3.63) is 106 Å². The fourth-order valence-electron chi connectivity index (χ4n) is 3.41. The first kappa shape index (κ1) is 18.9.